The van der Waals surface area contributed by atoms with Crippen molar-refractivity contribution in [1.82, 2.24) is 4.90 Å². The van der Waals surface area contributed by atoms with Crippen LogP contribution < -0.4 is 0 Å². The van der Waals surface area contributed by atoms with Gasteiger partial charge < -0.3 is 10.0 Å². The number of aliphatic carboxylic acids is 1. The molecule has 1 aliphatic heterocycles. The lowest BCUT2D eigenvalue weighted by Gasteiger charge is -2.37. The Kier molecular flexibility index (Phi) is 2.90. The fourth-order valence-corrected chi connectivity index (χ4v) is 3.29. The molecule has 5 heteroatoms. The molecule has 1 amide bonds. The molecule has 4 nitrogen and oxygen atoms in total. The molecule has 2 rings (SSSR count). The smallest absolute Gasteiger partial charge is 0.307 e. The molecule has 0 aromatic heterocycles. The normalized spacial score (nSPS) is 32.2. The average molecular weight is 243 g/mol. The Bertz CT molecular complexity index is 329. The van der Waals surface area contributed by atoms with Crippen LogP contribution in [-0.4, -0.2) is 45.5 Å². The van der Waals surface area contributed by atoms with Crippen molar-refractivity contribution in [3.63, 3.8) is 0 Å². The summed E-state index contributed by atoms with van der Waals surface area (Å²) < 4.78 is 0.0987. The van der Waals surface area contributed by atoms with E-state index in [2.05, 4.69) is 13.8 Å². The van der Waals surface area contributed by atoms with Gasteiger partial charge in [0.2, 0.25) is 5.91 Å². The molecule has 1 N–H and O–H groups in total. The first kappa shape index (κ1) is 11.8. The standard InChI is InChI=1S/C11H17NO3S/c1-11(2)6-12(3-4-16-11)9(13)7-5-8(7)10(14)15/h7-8H,3-6H2,1-2H3,(H,14,15)/t7-,8+/m1/s1. The summed E-state index contributed by atoms with van der Waals surface area (Å²) in [6.45, 7) is 5.74. The highest BCUT2D eigenvalue weighted by Crippen LogP contribution is 2.41. The van der Waals surface area contributed by atoms with E-state index in [-0.39, 0.29) is 16.6 Å². The Hall–Kier alpha value is -0.710. The van der Waals surface area contributed by atoms with Crippen LogP contribution in [0.15, 0.2) is 0 Å². The van der Waals surface area contributed by atoms with Crippen molar-refractivity contribution in [2.24, 2.45) is 11.8 Å². The minimum atomic E-state index is -0.830. The maximum absolute atomic E-state index is 12.0. The van der Waals surface area contributed by atoms with Crippen LogP contribution in [0.25, 0.3) is 0 Å². The predicted molar refractivity (Wildman–Crippen MR) is 62.3 cm³/mol. The van der Waals surface area contributed by atoms with Gasteiger partial charge in [-0.2, -0.15) is 11.8 Å². The summed E-state index contributed by atoms with van der Waals surface area (Å²) in [5, 5.41) is 8.80. The second kappa shape index (κ2) is 3.95. The molecule has 0 aromatic rings. The number of amides is 1. The lowest BCUT2D eigenvalue weighted by Crippen LogP contribution is -2.47. The highest BCUT2D eigenvalue weighted by Gasteiger charge is 2.50. The fraction of sp³-hybridized carbons (Fsp3) is 0.818. The molecule has 1 heterocycles. The number of carboxylic acids is 1. The van der Waals surface area contributed by atoms with Crippen molar-refractivity contribution >= 4 is 23.6 Å². The third kappa shape index (κ3) is 2.34. The van der Waals surface area contributed by atoms with E-state index in [0.717, 1.165) is 18.8 Å². The van der Waals surface area contributed by atoms with Gasteiger partial charge in [-0.3, -0.25) is 9.59 Å². The Labute approximate surface area is 99.4 Å². The molecule has 0 aromatic carbocycles. The van der Waals surface area contributed by atoms with Crippen LogP contribution in [0.2, 0.25) is 0 Å². The highest BCUT2D eigenvalue weighted by molar-refractivity contribution is 8.00. The molecular formula is C11H17NO3S. The predicted octanol–water partition coefficient (Wildman–Crippen LogP) is 1.06. The summed E-state index contributed by atoms with van der Waals surface area (Å²) in [4.78, 5) is 24.6. The first-order chi connectivity index (χ1) is 7.41. The van der Waals surface area contributed by atoms with Crippen LogP contribution in [0.5, 0.6) is 0 Å². The van der Waals surface area contributed by atoms with Gasteiger partial charge in [-0.25, -0.2) is 0 Å². The first-order valence-corrected chi connectivity index (χ1v) is 6.55. The quantitative estimate of drug-likeness (QED) is 0.788. The lowest BCUT2D eigenvalue weighted by atomic mass is 10.1. The van der Waals surface area contributed by atoms with Crippen LogP contribution in [0, 0.1) is 11.8 Å². The Morgan fingerprint density at radius 1 is 1.38 bits per heavy atom. The monoisotopic (exact) mass is 243 g/mol. The zero-order valence-corrected chi connectivity index (χ0v) is 10.4. The van der Waals surface area contributed by atoms with E-state index >= 15 is 0 Å². The fourth-order valence-electron chi connectivity index (χ4n) is 2.18. The van der Waals surface area contributed by atoms with Gasteiger partial charge in [0.15, 0.2) is 0 Å². The van der Waals surface area contributed by atoms with E-state index in [1.54, 1.807) is 0 Å². The minimum Gasteiger partial charge on any atom is -0.481 e. The maximum Gasteiger partial charge on any atom is 0.307 e. The van der Waals surface area contributed by atoms with Gasteiger partial charge in [-0.1, -0.05) is 0 Å². The van der Waals surface area contributed by atoms with E-state index in [0.29, 0.717) is 6.42 Å². The molecule has 1 aliphatic carbocycles. The molecule has 1 saturated carbocycles. The van der Waals surface area contributed by atoms with Gasteiger partial charge in [0.05, 0.1) is 11.8 Å². The number of carboxylic acid groups (broad SMARTS) is 1. The number of nitrogens with zero attached hydrogens (tertiary/aromatic N) is 1. The van der Waals surface area contributed by atoms with Gasteiger partial charge in [0.25, 0.3) is 0 Å². The van der Waals surface area contributed by atoms with Crippen molar-refractivity contribution < 1.29 is 14.7 Å². The van der Waals surface area contributed by atoms with Crippen molar-refractivity contribution in [2.45, 2.75) is 25.0 Å². The van der Waals surface area contributed by atoms with Crippen LogP contribution in [-0.2, 0) is 9.59 Å². The van der Waals surface area contributed by atoms with Gasteiger partial charge >= 0.3 is 5.97 Å². The first-order valence-electron chi connectivity index (χ1n) is 5.56. The minimum absolute atomic E-state index is 0.0424. The molecule has 2 aliphatic rings. The van der Waals surface area contributed by atoms with E-state index in [1.807, 2.05) is 16.7 Å². The van der Waals surface area contributed by atoms with E-state index in [4.69, 9.17) is 5.11 Å². The SMILES string of the molecule is CC1(C)CN(C(=O)[C@@H]2C[C@@H]2C(=O)O)CCS1. The molecule has 16 heavy (non-hydrogen) atoms. The van der Waals surface area contributed by atoms with Crippen LogP contribution >= 0.6 is 11.8 Å². The summed E-state index contributed by atoms with van der Waals surface area (Å²) in [5.41, 5.74) is 0. The topological polar surface area (TPSA) is 57.6 Å². The second-order valence-corrected chi connectivity index (χ2v) is 6.96. The summed E-state index contributed by atoms with van der Waals surface area (Å²) >= 11 is 1.87. The van der Waals surface area contributed by atoms with Crippen LogP contribution in [0.4, 0.5) is 0 Å². The molecule has 2 fully saturated rings. The molecule has 2 atom stereocenters. The Morgan fingerprint density at radius 2 is 2.06 bits per heavy atom. The highest BCUT2D eigenvalue weighted by atomic mass is 32.2. The van der Waals surface area contributed by atoms with E-state index in [1.165, 1.54) is 0 Å². The average Bonchev–Trinajstić information content (AvgIpc) is 2.94. The number of hydrogen-bond donors (Lipinski definition) is 1. The molecule has 0 spiro atoms. The zero-order chi connectivity index (χ0) is 11.9. The van der Waals surface area contributed by atoms with Gasteiger partial charge in [-0.05, 0) is 20.3 Å². The zero-order valence-electron chi connectivity index (χ0n) is 9.60. The molecule has 0 bridgehead atoms. The van der Waals surface area contributed by atoms with Crippen molar-refractivity contribution in [3.8, 4) is 0 Å². The van der Waals surface area contributed by atoms with Crippen molar-refractivity contribution in [3.05, 3.63) is 0 Å². The third-order valence-corrected chi connectivity index (χ3v) is 4.46. The Morgan fingerprint density at radius 3 is 2.56 bits per heavy atom. The summed E-state index contributed by atoms with van der Waals surface area (Å²) in [5.74, 6) is -0.519. The molecular weight excluding hydrogens is 226 g/mol. The number of carbonyl (C=O) groups is 2. The Balaban J connectivity index is 1.93. The number of carbonyl (C=O) groups excluding carboxylic acids is 1. The lowest BCUT2D eigenvalue weighted by molar-refractivity contribution is -0.142. The number of rotatable bonds is 2. The molecule has 0 radical (unpaired) electrons. The molecule has 1 saturated heterocycles. The van der Waals surface area contributed by atoms with Crippen LogP contribution in [0.1, 0.15) is 20.3 Å². The number of hydrogen-bond acceptors (Lipinski definition) is 3. The van der Waals surface area contributed by atoms with Gasteiger partial charge in [0.1, 0.15) is 0 Å². The number of thioether (sulfide) groups is 1. The largest absolute Gasteiger partial charge is 0.481 e. The summed E-state index contributed by atoms with van der Waals surface area (Å²) in [6.07, 6.45) is 0.526. The molecule has 90 valence electrons. The van der Waals surface area contributed by atoms with E-state index < -0.39 is 11.9 Å². The van der Waals surface area contributed by atoms with Crippen LogP contribution in [0.3, 0.4) is 0 Å². The summed E-state index contributed by atoms with van der Waals surface area (Å²) in [6, 6.07) is 0. The van der Waals surface area contributed by atoms with Gasteiger partial charge in [0, 0.05) is 23.6 Å². The van der Waals surface area contributed by atoms with Gasteiger partial charge in [-0.15, -0.1) is 0 Å². The van der Waals surface area contributed by atoms with Crippen molar-refractivity contribution in [2.75, 3.05) is 18.8 Å². The third-order valence-electron chi connectivity index (χ3n) is 3.16. The maximum atomic E-state index is 12.0. The van der Waals surface area contributed by atoms with Crippen molar-refractivity contribution in [1.29, 1.82) is 0 Å². The molecule has 0 unspecified atom stereocenters. The summed E-state index contributed by atoms with van der Waals surface area (Å²) in [7, 11) is 0. The van der Waals surface area contributed by atoms with E-state index in [9.17, 15) is 9.59 Å². The second-order valence-electron chi connectivity index (χ2n) is 5.15.